The highest BCUT2D eigenvalue weighted by Gasteiger charge is 2.31. The molecule has 0 atom stereocenters. The third kappa shape index (κ3) is 4.28. The van der Waals surface area contributed by atoms with Crippen LogP contribution in [0.4, 0.5) is 5.69 Å². The first-order valence-electron chi connectivity index (χ1n) is 8.05. The van der Waals surface area contributed by atoms with Gasteiger partial charge in [0.25, 0.3) is 0 Å². The molecule has 2 aromatic carbocycles. The highest BCUT2D eigenvalue weighted by molar-refractivity contribution is 7.80. The fourth-order valence-corrected chi connectivity index (χ4v) is 2.93. The van der Waals surface area contributed by atoms with Crippen LogP contribution in [0.15, 0.2) is 47.6 Å². The SMILES string of the molecule is Cc1cccc(NC(=S)N/N=C2/CC(C)(C)Oc3ccc(O)cc32)c1. The van der Waals surface area contributed by atoms with E-state index in [-0.39, 0.29) is 11.4 Å². The number of aromatic hydroxyl groups is 1. The number of thiocarbonyl (C=S) groups is 1. The minimum Gasteiger partial charge on any atom is -0.508 e. The monoisotopic (exact) mass is 355 g/mol. The molecule has 0 amide bonds. The molecule has 3 rings (SSSR count). The molecule has 0 aliphatic carbocycles. The second kappa shape index (κ2) is 6.72. The molecule has 0 radical (unpaired) electrons. The quantitative estimate of drug-likeness (QED) is 0.562. The summed E-state index contributed by atoms with van der Waals surface area (Å²) in [5, 5.41) is 17.7. The molecular weight excluding hydrogens is 334 g/mol. The maximum absolute atomic E-state index is 9.77. The number of aryl methyl sites for hydroxylation is 1. The summed E-state index contributed by atoms with van der Waals surface area (Å²) in [6.07, 6.45) is 0.601. The number of nitrogens with one attached hydrogen (secondary N) is 2. The zero-order valence-corrected chi connectivity index (χ0v) is 15.3. The van der Waals surface area contributed by atoms with Crippen LogP contribution >= 0.6 is 12.2 Å². The molecule has 0 fully saturated rings. The van der Waals surface area contributed by atoms with Crippen molar-refractivity contribution >= 4 is 28.7 Å². The molecule has 1 aliphatic rings. The summed E-state index contributed by atoms with van der Waals surface area (Å²) in [5.41, 5.74) is 6.12. The molecule has 0 saturated heterocycles. The Bertz CT molecular complexity index is 846. The zero-order valence-electron chi connectivity index (χ0n) is 14.5. The van der Waals surface area contributed by atoms with Gasteiger partial charge in [0.2, 0.25) is 0 Å². The third-order valence-electron chi connectivity index (χ3n) is 3.82. The highest BCUT2D eigenvalue weighted by atomic mass is 32.1. The van der Waals surface area contributed by atoms with E-state index in [1.54, 1.807) is 18.2 Å². The molecular formula is C19H21N3O2S. The van der Waals surface area contributed by atoms with Crippen molar-refractivity contribution in [3.05, 3.63) is 53.6 Å². The van der Waals surface area contributed by atoms with Gasteiger partial charge in [0.1, 0.15) is 17.1 Å². The van der Waals surface area contributed by atoms with Crippen molar-refractivity contribution in [2.75, 3.05) is 5.32 Å². The number of phenols is 1. The van der Waals surface area contributed by atoms with Gasteiger partial charge >= 0.3 is 0 Å². The van der Waals surface area contributed by atoms with E-state index < -0.39 is 0 Å². The summed E-state index contributed by atoms with van der Waals surface area (Å²) in [4.78, 5) is 0. The number of hydrogen-bond acceptors (Lipinski definition) is 4. The third-order valence-corrected chi connectivity index (χ3v) is 4.02. The molecule has 3 N–H and O–H groups in total. The van der Waals surface area contributed by atoms with E-state index in [1.165, 1.54) is 0 Å². The summed E-state index contributed by atoms with van der Waals surface area (Å²) >= 11 is 5.32. The highest BCUT2D eigenvalue weighted by Crippen LogP contribution is 2.35. The van der Waals surface area contributed by atoms with Crippen LogP contribution in [0.3, 0.4) is 0 Å². The van der Waals surface area contributed by atoms with Gasteiger partial charge in [-0.1, -0.05) is 12.1 Å². The Morgan fingerprint density at radius 1 is 1.24 bits per heavy atom. The van der Waals surface area contributed by atoms with Crippen LogP contribution in [0.5, 0.6) is 11.5 Å². The molecule has 0 saturated carbocycles. The number of phenolic OH excluding ortho intramolecular Hbond substituents is 1. The summed E-state index contributed by atoms with van der Waals surface area (Å²) < 4.78 is 5.95. The normalized spacial score (nSPS) is 16.7. The summed E-state index contributed by atoms with van der Waals surface area (Å²) in [6, 6.07) is 13.0. The van der Waals surface area contributed by atoms with Crippen LogP contribution in [0.2, 0.25) is 0 Å². The van der Waals surface area contributed by atoms with Crippen molar-refractivity contribution in [3.8, 4) is 11.5 Å². The maximum Gasteiger partial charge on any atom is 0.191 e. The Morgan fingerprint density at radius 3 is 2.80 bits per heavy atom. The number of nitrogens with zero attached hydrogens (tertiary/aromatic N) is 1. The van der Waals surface area contributed by atoms with E-state index in [2.05, 4.69) is 15.8 Å². The minimum atomic E-state index is -0.379. The maximum atomic E-state index is 9.77. The van der Waals surface area contributed by atoms with E-state index in [4.69, 9.17) is 17.0 Å². The number of ether oxygens (including phenoxy) is 1. The van der Waals surface area contributed by atoms with Gasteiger partial charge in [-0.05, 0) is 68.9 Å². The van der Waals surface area contributed by atoms with Crippen molar-refractivity contribution in [1.82, 2.24) is 5.43 Å². The van der Waals surface area contributed by atoms with E-state index >= 15 is 0 Å². The van der Waals surface area contributed by atoms with Crippen LogP contribution < -0.4 is 15.5 Å². The number of hydrogen-bond donors (Lipinski definition) is 3. The lowest BCUT2D eigenvalue weighted by Gasteiger charge is -2.33. The molecule has 130 valence electrons. The Hall–Kier alpha value is -2.60. The van der Waals surface area contributed by atoms with Crippen LogP contribution in [-0.4, -0.2) is 21.5 Å². The van der Waals surface area contributed by atoms with Gasteiger partial charge < -0.3 is 15.2 Å². The van der Waals surface area contributed by atoms with Crippen molar-refractivity contribution < 1.29 is 9.84 Å². The number of anilines is 1. The number of hydrazone groups is 1. The second-order valence-electron chi connectivity index (χ2n) is 6.71. The lowest BCUT2D eigenvalue weighted by molar-refractivity contribution is 0.111. The smallest absolute Gasteiger partial charge is 0.191 e. The van der Waals surface area contributed by atoms with Crippen LogP contribution in [0, 0.1) is 6.92 Å². The van der Waals surface area contributed by atoms with Crippen LogP contribution in [0.1, 0.15) is 31.4 Å². The Kier molecular flexibility index (Phi) is 4.63. The zero-order chi connectivity index (χ0) is 18.0. The fraction of sp³-hybridized carbons (Fsp3) is 0.263. The predicted octanol–water partition coefficient (Wildman–Crippen LogP) is 3.95. The van der Waals surface area contributed by atoms with Crippen molar-refractivity contribution in [2.45, 2.75) is 32.8 Å². The first-order valence-corrected chi connectivity index (χ1v) is 8.46. The standard InChI is InChI=1S/C19H21N3O2S/c1-12-5-4-6-13(9-12)20-18(25)22-21-16-11-19(2,3)24-17-8-7-14(23)10-15(16)17/h4-10,23H,11H2,1-3H3,(H2,20,22,25)/b21-16-. The lowest BCUT2D eigenvalue weighted by atomic mass is 9.92. The number of benzene rings is 2. The Labute approximate surface area is 152 Å². The first kappa shape index (κ1) is 17.2. The van der Waals surface area contributed by atoms with Crippen molar-refractivity contribution in [1.29, 1.82) is 0 Å². The van der Waals surface area contributed by atoms with Gasteiger partial charge in [0.15, 0.2) is 5.11 Å². The van der Waals surface area contributed by atoms with Gasteiger partial charge in [-0.15, -0.1) is 0 Å². The molecule has 1 aliphatic heterocycles. The topological polar surface area (TPSA) is 65.9 Å². The molecule has 0 bridgehead atoms. The molecule has 0 spiro atoms. The summed E-state index contributed by atoms with van der Waals surface area (Å²) in [5.74, 6) is 0.877. The Morgan fingerprint density at radius 2 is 2.04 bits per heavy atom. The average Bonchev–Trinajstić information content (AvgIpc) is 2.52. The fourth-order valence-electron chi connectivity index (χ4n) is 2.76. The molecule has 0 aromatic heterocycles. The van der Waals surface area contributed by atoms with Crippen LogP contribution in [0.25, 0.3) is 0 Å². The average molecular weight is 355 g/mol. The van der Waals surface area contributed by atoms with E-state index in [1.807, 2.05) is 45.0 Å². The Balaban J connectivity index is 1.78. The van der Waals surface area contributed by atoms with E-state index in [0.29, 0.717) is 17.3 Å². The molecule has 2 aromatic rings. The largest absolute Gasteiger partial charge is 0.508 e. The van der Waals surface area contributed by atoms with Gasteiger partial charge in [-0.25, -0.2) is 0 Å². The van der Waals surface area contributed by atoms with Gasteiger partial charge in [-0.3, -0.25) is 5.43 Å². The summed E-state index contributed by atoms with van der Waals surface area (Å²) in [6.45, 7) is 6.03. The number of fused-ring (bicyclic) bond motifs is 1. The molecule has 0 unspecified atom stereocenters. The van der Waals surface area contributed by atoms with Gasteiger partial charge in [0, 0.05) is 17.7 Å². The van der Waals surface area contributed by atoms with Gasteiger partial charge in [0.05, 0.1) is 5.71 Å². The molecule has 6 heteroatoms. The summed E-state index contributed by atoms with van der Waals surface area (Å²) in [7, 11) is 0. The molecule has 1 heterocycles. The molecule has 5 nitrogen and oxygen atoms in total. The predicted molar refractivity (Wildman–Crippen MR) is 105 cm³/mol. The van der Waals surface area contributed by atoms with E-state index in [0.717, 1.165) is 22.5 Å². The molecule has 25 heavy (non-hydrogen) atoms. The van der Waals surface area contributed by atoms with Crippen molar-refractivity contribution in [2.24, 2.45) is 5.10 Å². The minimum absolute atomic E-state index is 0.176. The first-order chi connectivity index (χ1) is 11.8. The second-order valence-corrected chi connectivity index (χ2v) is 7.12. The van der Waals surface area contributed by atoms with E-state index in [9.17, 15) is 5.11 Å². The van der Waals surface area contributed by atoms with Gasteiger partial charge in [-0.2, -0.15) is 5.10 Å². The van der Waals surface area contributed by atoms with Crippen molar-refractivity contribution in [3.63, 3.8) is 0 Å². The number of rotatable bonds is 2. The van der Waals surface area contributed by atoms with Crippen LogP contribution in [-0.2, 0) is 0 Å². The lowest BCUT2D eigenvalue weighted by Crippen LogP contribution is -2.37.